The molecule has 3 amide bonds. The fourth-order valence-electron chi connectivity index (χ4n) is 2.25. The summed E-state index contributed by atoms with van der Waals surface area (Å²) >= 11 is 0.990. The summed E-state index contributed by atoms with van der Waals surface area (Å²) in [5.41, 5.74) is 6.20. The Morgan fingerprint density at radius 1 is 1.11 bits per heavy atom. The number of benzene rings is 2. The van der Waals surface area contributed by atoms with Crippen LogP contribution in [-0.2, 0) is 11.3 Å². The van der Waals surface area contributed by atoms with E-state index in [0.717, 1.165) is 23.4 Å². The molecule has 0 spiro atoms. The van der Waals surface area contributed by atoms with Crippen LogP contribution in [-0.4, -0.2) is 35.4 Å². The summed E-state index contributed by atoms with van der Waals surface area (Å²) in [6, 6.07) is 10.6. The fraction of sp³-hybridized carbons (Fsp3) is 0.167. The van der Waals surface area contributed by atoms with Crippen LogP contribution in [0.3, 0.4) is 0 Å². The third kappa shape index (κ3) is 5.55. The number of thioether (sulfide) groups is 1. The number of nitro benzene ring substituents is 1. The molecule has 9 nitrogen and oxygen atoms in total. The van der Waals surface area contributed by atoms with Crippen LogP contribution in [0.2, 0.25) is 0 Å². The Balaban J connectivity index is 1.93. The van der Waals surface area contributed by atoms with Crippen LogP contribution in [0.5, 0.6) is 0 Å². The van der Waals surface area contributed by atoms with E-state index < -0.39 is 10.8 Å². The zero-order valence-electron chi connectivity index (χ0n) is 14.9. The second kappa shape index (κ2) is 9.51. The molecule has 2 aromatic rings. The number of hydrogen-bond acceptors (Lipinski definition) is 6. The summed E-state index contributed by atoms with van der Waals surface area (Å²) in [5, 5.41) is 16.4. The number of rotatable bonds is 8. The van der Waals surface area contributed by atoms with Gasteiger partial charge in [-0.05, 0) is 29.8 Å². The van der Waals surface area contributed by atoms with Crippen molar-refractivity contribution in [2.45, 2.75) is 11.4 Å². The highest BCUT2D eigenvalue weighted by Crippen LogP contribution is 2.29. The minimum Gasteiger partial charge on any atom is -0.366 e. The van der Waals surface area contributed by atoms with E-state index in [0.29, 0.717) is 5.56 Å². The van der Waals surface area contributed by atoms with E-state index in [1.807, 2.05) is 0 Å². The van der Waals surface area contributed by atoms with E-state index in [9.17, 15) is 24.5 Å². The molecule has 0 radical (unpaired) electrons. The number of primary amides is 1. The Labute approximate surface area is 164 Å². The van der Waals surface area contributed by atoms with Crippen LogP contribution in [0.4, 0.5) is 5.69 Å². The Morgan fingerprint density at radius 2 is 1.75 bits per heavy atom. The molecule has 28 heavy (non-hydrogen) atoms. The van der Waals surface area contributed by atoms with Gasteiger partial charge in [0.15, 0.2) is 0 Å². The Kier molecular flexibility index (Phi) is 7.10. The number of carbonyl (C=O) groups is 3. The fourth-order valence-corrected chi connectivity index (χ4v) is 3.08. The first kappa shape index (κ1) is 20.9. The Hall–Kier alpha value is -3.40. The zero-order valence-corrected chi connectivity index (χ0v) is 15.7. The monoisotopic (exact) mass is 402 g/mol. The van der Waals surface area contributed by atoms with Gasteiger partial charge in [-0.2, -0.15) is 0 Å². The first-order chi connectivity index (χ1) is 13.3. The molecule has 0 saturated carbocycles. The van der Waals surface area contributed by atoms with Gasteiger partial charge in [-0.25, -0.2) is 0 Å². The summed E-state index contributed by atoms with van der Waals surface area (Å²) in [6.07, 6.45) is 0. The lowest BCUT2D eigenvalue weighted by Crippen LogP contribution is -2.24. The summed E-state index contributed by atoms with van der Waals surface area (Å²) in [7, 11) is 1.54. The maximum absolute atomic E-state index is 12.0. The standard InChI is InChI=1S/C18H18N4O5S/c1-20-18(25)12-4-2-11(3-5-12)9-21-16(23)10-28-15-7-6-13(17(19)24)8-14(15)22(26)27/h2-8H,9-10H2,1H3,(H2,19,24)(H,20,25)(H,21,23). The molecule has 0 saturated heterocycles. The van der Waals surface area contributed by atoms with Crippen LogP contribution in [0, 0.1) is 10.1 Å². The SMILES string of the molecule is CNC(=O)c1ccc(CNC(=O)CSc2ccc(C(N)=O)cc2[N+](=O)[O-])cc1. The first-order valence-corrected chi connectivity index (χ1v) is 9.09. The number of nitrogens with zero attached hydrogens (tertiary/aromatic N) is 1. The van der Waals surface area contributed by atoms with Gasteiger partial charge in [-0.3, -0.25) is 24.5 Å². The first-order valence-electron chi connectivity index (χ1n) is 8.10. The summed E-state index contributed by atoms with van der Waals surface area (Å²) in [5.74, 6) is -1.31. The number of nitrogens with two attached hydrogens (primary N) is 1. The molecule has 0 bridgehead atoms. The van der Waals surface area contributed by atoms with Gasteiger partial charge in [0, 0.05) is 30.8 Å². The number of nitrogens with one attached hydrogen (secondary N) is 2. The van der Waals surface area contributed by atoms with E-state index >= 15 is 0 Å². The van der Waals surface area contributed by atoms with Crippen molar-refractivity contribution in [2.24, 2.45) is 5.73 Å². The summed E-state index contributed by atoms with van der Waals surface area (Å²) in [4.78, 5) is 45.5. The zero-order chi connectivity index (χ0) is 20.7. The van der Waals surface area contributed by atoms with Gasteiger partial charge in [0.05, 0.1) is 15.6 Å². The Bertz CT molecular complexity index is 915. The largest absolute Gasteiger partial charge is 0.366 e. The van der Waals surface area contributed by atoms with Crippen molar-refractivity contribution >= 4 is 35.2 Å². The van der Waals surface area contributed by atoms with Crippen molar-refractivity contribution < 1.29 is 19.3 Å². The van der Waals surface area contributed by atoms with E-state index in [4.69, 9.17) is 5.73 Å². The highest BCUT2D eigenvalue weighted by atomic mass is 32.2. The average Bonchev–Trinajstić information content (AvgIpc) is 2.70. The van der Waals surface area contributed by atoms with Gasteiger partial charge >= 0.3 is 0 Å². The molecule has 0 heterocycles. The summed E-state index contributed by atoms with van der Waals surface area (Å²) in [6.45, 7) is 0.260. The molecule has 0 aromatic heterocycles. The van der Waals surface area contributed by atoms with Crippen LogP contribution >= 0.6 is 11.8 Å². The van der Waals surface area contributed by atoms with Gasteiger partial charge in [0.2, 0.25) is 11.8 Å². The highest BCUT2D eigenvalue weighted by molar-refractivity contribution is 8.00. The molecule has 0 fully saturated rings. The lowest BCUT2D eigenvalue weighted by molar-refractivity contribution is -0.387. The summed E-state index contributed by atoms with van der Waals surface area (Å²) < 4.78 is 0. The van der Waals surface area contributed by atoms with Crippen molar-refractivity contribution in [3.63, 3.8) is 0 Å². The molecule has 2 aromatic carbocycles. The third-order valence-electron chi connectivity index (χ3n) is 3.73. The predicted octanol–water partition coefficient (Wildman–Crippen LogP) is 1.46. The molecular weight excluding hydrogens is 384 g/mol. The maximum Gasteiger partial charge on any atom is 0.283 e. The lowest BCUT2D eigenvalue weighted by Gasteiger charge is -2.07. The highest BCUT2D eigenvalue weighted by Gasteiger charge is 2.18. The van der Waals surface area contributed by atoms with Gasteiger partial charge in [-0.15, -0.1) is 11.8 Å². The van der Waals surface area contributed by atoms with Crippen LogP contribution in [0.1, 0.15) is 26.3 Å². The smallest absolute Gasteiger partial charge is 0.283 e. The normalized spacial score (nSPS) is 10.2. The molecule has 0 aliphatic rings. The minimum atomic E-state index is -0.764. The average molecular weight is 402 g/mol. The molecule has 0 aliphatic heterocycles. The molecule has 4 N–H and O–H groups in total. The maximum atomic E-state index is 12.0. The van der Waals surface area contributed by atoms with Crippen LogP contribution in [0.25, 0.3) is 0 Å². The number of nitro groups is 1. The Morgan fingerprint density at radius 3 is 2.32 bits per heavy atom. The van der Waals surface area contributed by atoms with Crippen molar-refractivity contribution in [2.75, 3.05) is 12.8 Å². The van der Waals surface area contributed by atoms with E-state index in [1.165, 1.54) is 12.1 Å². The number of amides is 3. The van der Waals surface area contributed by atoms with Gasteiger partial charge in [0.1, 0.15) is 0 Å². The number of carbonyl (C=O) groups excluding carboxylic acids is 3. The van der Waals surface area contributed by atoms with Gasteiger partial charge in [-0.1, -0.05) is 12.1 Å². The molecule has 146 valence electrons. The molecule has 2 rings (SSSR count). The topological polar surface area (TPSA) is 144 Å². The van der Waals surface area contributed by atoms with E-state index in [1.54, 1.807) is 31.3 Å². The third-order valence-corrected chi connectivity index (χ3v) is 4.79. The van der Waals surface area contributed by atoms with Gasteiger partial charge in [0.25, 0.3) is 11.6 Å². The molecule has 0 aliphatic carbocycles. The van der Waals surface area contributed by atoms with Crippen molar-refractivity contribution in [1.29, 1.82) is 0 Å². The second-order valence-electron chi connectivity index (χ2n) is 5.65. The molecular formula is C18H18N4O5S. The molecule has 0 unspecified atom stereocenters. The second-order valence-corrected chi connectivity index (χ2v) is 6.66. The van der Waals surface area contributed by atoms with Crippen molar-refractivity contribution in [1.82, 2.24) is 10.6 Å². The predicted molar refractivity (Wildman–Crippen MR) is 104 cm³/mol. The van der Waals surface area contributed by atoms with Crippen molar-refractivity contribution in [3.8, 4) is 0 Å². The van der Waals surface area contributed by atoms with Crippen LogP contribution in [0.15, 0.2) is 47.4 Å². The van der Waals surface area contributed by atoms with Crippen LogP contribution < -0.4 is 16.4 Å². The lowest BCUT2D eigenvalue weighted by atomic mass is 10.1. The quantitative estimate of drug-likeness (QED) is 0.346. The van der Waals surface area contributed by atoms with E-state index in [2.05, 4.69) is 10.6 Å². The van der Waals surface area contributed by atoms with Crippen molar-refractivity contribution in [3.05, 3.63) is 69.3 Å². The number of hydrogen-bond donors (Lipinski definition) is 3. The van der Waals surface area contributed by atoms with E-state index in [-0.39, 0.29) is 40.3 Å². The molecule has 0 atom stereocenters. The molecule has 10 heteroatoms. The van der Waals surface area contributed by atoms with Gasteiger partial charge < -0.3 is 16.4 Å². The minimum absolute atomic E-state index is 0.0284.